The summed E-state index contributed by atoms with van der Waals surface area (Å²) < 4.78 is 5.53. The van der Waals surface area contributed by atoms with E-state index >= 15 is 0 Å². The minimum atomic E-state index is -0.457. The summed E-state index contributed by atoms with van der Waals surface area (Å²) in [5, 5.41) is 13.4. The van der Waals surface area contributed by atoms with Crippen LogP contribution in [-0.4, -0.2) is 31.4 Å². The summed E-state index contributed by atoms with van der Waals surface area (Å²) in [6.07, 6.45) is 0.645. The van der Waals surface area contributed by atoms with Crippen molar-refractivity contribution in [3.63, 3.8) is 0 Å². The minimum absolute atomic E-state index is 0.457. The van der Waals surface area contributed by atoms with Gasteiger partial charge in [-0.1, -0.05) is 52.0 Å². The Bertz CT molecular complexity index is 373. The third-order valence-electron chi connectivity index (χ3n) is 3.59. The van der Waals surface area contributed by atoms with Crippen molar-refractivity contribution >= 4 is 0 Å². The molecule has 0 fully saturated rings. The number of aliphatic hydroxyl groups is 1. The Balaban J connectivity index is 2.17. The van der Waals surface area contributed by atoms with Crippen LogP contribution >= 0.6 is 0 Å². The van der Waals surface area contributed by atoms with E-state index in [9.17, 15) is 5.11 Å². The summed E-state index contributed by atoms with van der Waals surface area (Å²) in [5.41, 5.74) is 2.27. The van der Waals surface area contributed by atoms with Gasteiger partial charge < -0.3 is 15.2 Å². The highest BCUT2D eigenvalue weighted by Gasteiger charge is 2.07. The number of benzene rings is 1. The fourth-order valence-electron chi connectivity index (χ4n) is 2.03. The van der Waals surface area contributed by atoms with Crippen LogP contribution < -0.4 is 5.32 Å². The molecule has 0 amide bonds. The third kappa shape index (κ3) is 7.60. The van der Waals surface area contributed by atoms with Crippen LogP contribution in [-0.2, 0) is 4.74 Å². The van der Waals surface area contributed by atoms with Gasteiger partial charge in [-0.15, -0.1) is 0 Å². The zero-order valence-electron chi connectivity index (χ0n) is 13.9. The SMILES string of the molecule is CC(C)CCOCCNCC(O)c1ccc(C(C)C)cc1. The second-order valence-electron chi connectivity index (χ2n) is 6.34. The van der Waals surface area contributed by atoms with E-state index in [1.807, 2.05) is 12.1 Å². The lowest BCUT2D eigenvalue weighted by Crippen LogP contribution is -2.25. The molecule has 0 aromatic heterocycles. The molecule has 0 bridgehead atoms. The average Bonchev–Trinajstić information content (AvgIpc) is 2.45. The molecule has 1 atom stereocenters. The number of rotatable bonds is 10. The predicted octanol–water partition coefficient (Wildman–Crippen LogP) is 3.50. The summed E-state index contributed by atoms with van der Waals surface area (Å²) in [6.45, 7) is 11.6. The van der Waals surface area contributed by atoms with Gasteiger partial charge in [-0.2, -0.15) is 0 Å². The van der Waals surface area contributed by atoms with Crippen LogP contribution in [0.15, 0.2) is 24.3 Å². The Kier molecular flexibility index (Phi) is 8.58. The number of aliphatic hydroxyl groups excluding tert-OH is 1. The summed E-state index contributed by atoms with van der Waals surface area (Å²) in [7, 11) is 0. The van der Waals surface area contributed by atoms with E-state index < -0.39 is 6.10 Å². The molecule has 21 heavy (non-hydrogen) atoms. The zero-order valence-corrected chi connectivity index (χ0v) is 13.9. The maximum Gasteiger partial charge on any atom is 0.0914 e. The van der Waals surface area contributed by atoms with Gasteiger partial charge in [0.2, 0.25) is 0 Å². The van der Waals surface area contributed by atoms with E-state index in [-0.39, 0.29) is 0 Å². The maximum absolute atomic E-state index is 10.1. The highest BCUT2D eigenvalue weighted by Crippen LogP contribution is 2.18. The second-order valence-corrected chi connectivity index (χ2v) is 6.34. The molecular formula is C18H31NO2. The fraction of sp³-hybridized carbons (Fsp3) is 0.667. The molecule has 3 heteroatoms. The Hall–Kier alpha value is -0.900. The molecule has 0 spiro atoms. The molecule has 1 rings (SSSR count). The zero-order chi connectivity index (χ0) is 15.7. The molecule has 3 nitrogen and oxygen atoms in total. The Morgan fingerprint density at radius 3 is 2.19 bits per heavy atom. The normalized spacial score (nSPS) is 13.1. The van der Waals surface area contributed by atoms with Gasteiger partial charge in [-0.25, -0.2) is 0 Å². The van der Waals surface area contributed by atoms with Gasteiger partial charge in [-0.3, -0.25) is 0 Å². The molecule has 0 saturated heterocycles. The first kappa shape index (κ1) is 18.1. The predicted molar refractivity (Wildman–Crippen MR) is 88.6 cm³/mol. The van der Waals surface area contributed by atoms with Gasteiger partial charge in [0.15, 0.2) is 0 Å². The van der Waals surface area contributed by atoms with Crippen molar-refractivity contribution in [1.82, 2.24) is 5.32 Å². The highest BCUT2D eigenvalue weighted by atomic mass is 16.5. The largest absolute Gasteiger partial charge is 0.387 e. The van der Waals surface area contributed by atoms with Crippen LogP contribution in [0.2, 0.25) is 0 Å². The van der Waals surface area contributed by atoms with Gasteiger partial charge in [0.05, 0.1) is 12.7 Å². The van der Waals surface area contributed by atoms with E-state index in [4.69, 9.17) is 4.74 Å². The van der Waals surface area contributed by atoms with E-state index in [0.717, 1.165) is 25.1 Å². The lowest BCUT2D eigenvalue weighted by molar-refractivity contribution is 0.119. The summed E-state index contributed by atoms with van der Waals surface area (Å²) in [6, 6.07) is 8.22. The lowest BCUT2D eigenvalue weighted by atomic mass is 10.00. The van der Waals surface area contributed by atoms with Crippen molar-refractivity contribution in [2.75, 3.05) is 26.3 Å². The molecule has 1 aromatic carbocycles. The van der Waals surface area contributed by atoms with Gasteiger partial charge in [0.1, 0.15) is 0 Å². The van der Waals surface area contributed by atoms with E-state index in [2.05, 4.69) is 45.1 Å². The number of hydrogen-bond acceptors (Lipinski definition) is 3. The second kappa shape index (κ2) is 9.93. The number of nitrogens with one attached hydrogen (secondary N) is 1. The van der Waals surface area contributed by atoms with Crippen LogP contribution in [0.4, 0.5) is 0 Å². The molecule has 1 aromatic rings. The molecule has 0 saturated carbocycles. The van der Waals surface area contributed by atoms with Crippen molar-refractivity contribution in [3.8, 4) is 0 Å². The molecule has 0 heterocycles. The van der Waals surface area contributed by atoms with Gasteiger partial charge in [0.25, 0.3) is 0 Å². The molecule has 0 radical (unpaired) electrons. The van der Waals surface area contributed by atoms with Gasteiger partial charge in [-0.05, 0) is 29.4 Å². The van der Waals surface area contributed by atoms with Crippen molar-refractivity contribution in [3.05, 3.63) is 35.4 Å². The third-order valence-corrected chi connectivity index (χ3v) is 3.59. The van der Waals surface area contributed by atoms with Crippen LogP contribution in [0.25, 0.3) is 0 Å². The maximum atomic E-state index is 10.1. The van der Waals surface area contributed by atoms with E-state index in [0.29, 0.717) is 25.0 Å². The van der Waals surface area contributed by atoms with E-state index in [1.165, 1.54) is 5.56 Å². The first-order valence-corrected chi connectivity index (χ1v) is 8.07. The van der Waals surface area contributed by atoms with Crippen LogP contribution in [0.5, 0.6) is 0 Å². The average molecular weight is 293 g/mol. The molecule has 0 aliphatic heterocycles. The Morgan fingerprint density at radius 1 is 1.00 bits per heavy atom. The number of ether oxygens (including phenoxy) is 1. The van der Waals surface area contributed by atoms with Crippen molar-refractivity contribution in [1.29, 1.82) is 0 Å². The van der Waals surface area contributed by atoms with Crippen molar-refractivity contribution in [2.45, 2.75) is 46.1 Å². The lowest BCUT2D eigenvalue weighted by Gasteiger charge is -2.14. The van der Waals surface area contributed by atoms with Crippen LogP contribution in [0.3, 0.4) is 0 Å². The standard InChI is InChI=1S/C18H31NO2/c1-14(2)9-11-21-12-10-19-13-18(20)17-7-5-16(6-8-17)15(3)4/h5-8,14-15,18-20H,9-13H2,1-4H3. The summed E-state index contributed by atoms with van der Waals surface area (Å²) in [4.78, 5) is 0. The van der Waals surface area contributed by atoms with Gasteiger partial charge in [0, 0.05) is 19.7 Å². The van der Waals surface area contributed by atoms with Crippen LogP contribution in [0, 0.1) is 5.92 Å². The molecule has 120 valence electrons. The molecule has 2 N–H and O–H groups in total. The van der Waals surface area contributed by atoms with Gasteiger partial charge >= 0.3 is 0 Å². The summed E-state index contributed by atoms with van der Waals surface area (Å²) >= 11 is 0. The smallest absolute Gasteiger partial charge is 0.0914 e. The highest BCUT2D eigenvalue weighted by molar-refractivity contribution is 5.26. The quantitative estimate of drug-likeness (QED) is 0.649. The van der Waals surface area contributed by atoms with Crippen LogP contribution in [0.1, 0.15) is 57.3 Å². The molecule has 1 unspecified atom stereocenters. The van der Waals surface area contributed by atoms with E-state index in [1.54, 1.807) is 0 Å². The van der Waals surface area contributed by atoms with Crippen molar-refractivity contribution in [2.24, 2.45) is 5.92 Å². The minimum Gasteiger partial charge on any atom is -0.387 e. The topological polar surface area (TPSA) is 41.5 Å². The molecule has 0 aliphatic carbocycles. The Labute approximate surface area is 129 Å². The number of hydrogen-bond donors (Lipinski definition) is 2. The fourth-order valence-corrected chi connectivity index (χ4v) is 2.03. The molecule has 0 aliphatic rings. The molecular weight excluding hydrogens is 262 g/mol. The monoisotopic (exact) mass is 293 g/mol. The Morgan fingerprint density at radius 2 is 1.62 bits per heavy atom. The first-order chi connectivity index (χ1) is 10.0. The summed E-state index contributed by atoms with van der Waals surface area (Å²) in [5.74, 6) is 1.21. The van der Waals surface area contributed by atoms with Crippen molar-refractivity contribution < 1.29 is 9.84 Å². The first-order valence-electron chi connectivity index (χ1n) is 8.07.